The lowest BCUT2D eigenvalue weighted by molar-refractivity contribution is -0.383. The van der Waals surface area contributed by atoms with Gasteiger partial charge in [0.2, 0.25) is 0 Å². The molecular weight excluding hydrogens is 386 g/mol. The van der Waals surface area contributed by atoms with Crippen molar-refractivity contribution in [2.75, 3.05) is 0 Å². The molecule has 154 valence electrons. The van der Waals surface area contributed by atoms with Crippen LogP contribution in [0.2, 0.25) is 0 Å². The number of carbonyl (C=O) groups excluding carboxylic acids is 2. The molecule has 27 heavy (non-hydrogen) atoms. The van der Waals surface area contributed by atoms with Gasteiger partial charge >= 0.3 is 23.9 Å². The van der Waals surface area contributed by atoms with E-state index in [9.17, 15) is 46.1 Å². The van der Waals surface area contributed by atoms with Crippen molar-refractivity contribution in [3.63, 3.8) is 0 Å². The number of carboxylic acids is 1. The predicted molar refractivity (Wildman–Crippen MR) is 72.6 cm³/mol. The number of aliphatic hydroxyl groups is 1. The van der Waals surface area contributed by atoms with E-state index in [2.05, 4.69) is 4.74 Å². The molecule has 0 heterocycles. The monoisotopic (exact) mass is 403 g/mol. The summed E-state index contributed by atoms with van der Waals surface area (Å²) < 4.78 is 83.8. The van der Waals surface area contributed by atoms with Crippen LogP contribution in [0.4, 0.5) is 26.3 Å². The Labute approximate surface area is 149 Å². The summed E-state index contributed by atoms with van der Waals surface area (Å²) in [5.74, 6) is -4.81. The normalized spacial score (nSPS) is 36.0. The highest BCUT2D eigenvalue weighted by Crippen LogP contribution is 2.63. The molecule has 4 saturated carbocycles. The molecule has 0 spiro atoms. The van der Waals surface area contributed by atoms with Crippen LogP contribution in [-0.2, 0) is 14.3 Å². The number of carboxylic acid groups (broad SMARTS) is 1. The molecule has 0 amide bonds. The third-order valence-electron chi connectivity index (χ3n) is 6.04. The average molecular weight is 403 g/mol. The highest BCUT2D eigenvalue weighted by molar-refractivity contribution is 5.79. The summed E-state index contributed by atoms with van der Waals surface area (Å²) in [6, 6.07) is 0. The van der Waals surface area contributed by atoms with E-state index in [4.69, 9.17) is 0 Å². The summed E-state index contributed by atoms with van der Waals surface area (Å²) >= 11 is 0. The summed E-state index contributed by atoms with van der Waals surface area (Å²) in [5, 5.41) is 21.2. The highest BCUT2D eigenvalue weighted by atomic mass is 19.4. The van der Waals surface area contributed by atoms with Crippen molar-refractivity contribution in [1.82, 2.24) is 0 Å². The van der Waals surface area contributed by atoms with E-state index >= 15 is 0 Å². The molecule has 0 aromatic carbocycles. The van der Waals surface area contributed by atoms with Gasteiger partial charge in [-0.15, -0.1) is 0 Å². The van der Waals surface area contributed by atoms with Gasteiger partial charge in [0, 0.05) is 12.4 Å². The number of esters is 1. The summed E-state index contributed by atoms with van der Waals surface area (Å²) in [5.41, 5.74) is -8.19. The minimum atomic E-state index is -6.21. The largest absolute Gasteiger partial charge is 0.550 e. The van der Waals surface area contributed by atoms with Crippen LogP contribution >= 0.6 is 0 Å². The van der Waals surface area contributed by atoms with E-state index in [1.54, 1.807) is 0 Å². The Hall–Kier alpha value is -1.52. The average Bonchev–Trinajstić information content (AvgIpc) is 2.40. The van der Waals surface area contributed by atoms with Crippen molar-refractivity contribution >= 4 is 11.9 Å². The molecule has 4 bridgehead atoms. The van der Waals surface area contributed by atoms with Crippen molar-refractivity contribution in [1.29, 1.82) is 0 Å². The number of halogens is 6. The van der Waals surface area contributed by atoms with Gasteiger partial charge in [0.05, 0.1) is 11.0 Å². The Morgan fingerprint density at radius 2 is 1.48 bits per heavy atom. The van der Waals surface area contributed by atoms with Crippen LogP contribution in [0, 0.1) is 17.3 Å². The molecule has 1 N–H and O–H groups in total. The maximum atomic E-state index is 13.3. The molecule has 2 unspecified atom stereocenters. The number of hydrogen-bond acceptors (Lipinski definition) is 5. The second kappa shape index (κ2) is 5.74. The second-order valence-electron chi connectivity index (χ2n) is 8.23. The molecule has 0 aromatic rings. The molecule has 4 aliphatic carbocycles. The number of rotatable bonds is 4. The number of aliphatic carboxylic acids is 1. The van der Waals surface area contributed by atoms with Crippen LogP contribution in [0.1, 0.15) is 44.9 Å². The quantitative estimate of drug-likeness (QED) is 0.572. The van der Waals surface area contributed by atoms with E-state index in [0.717, 1.165) is 0 Å². The number of ether oxygens (including phenoxy) is 1. The Bertz CT molecular complexity index is 627. The molecule has 0 saturated heterocycles. The molecule has 4 fully saturated rings. The van der Waals surface area contributed by atoms with Crippen LogP contribution in [0.5, 0.6) is 0 Å². The maximum Gasteiger partial charge on any atom is 0.437 e. The first kappa shape index (κ1) is 20.2. The van der Waals surface area contributed by atoms with Gasteiger partial charge in [-0.2, -0.15) is 26.3 Å². The zero-order valence-corrected chi connectivity index (χ0v) is 14.0. The minimum Gasteiger partial charge on any atom is -0.550 e. The lowest BCUT2D eigenvalue weighted by atomic mass is 9.48. The fourth-order valence-corrected chi connectivity index (χ4v) is 5.44. The molecule has 2 atom stereocenters. The van der Waals surface area contributed by atoms with Crippen LogP contribution in [-0.4, -0.2) is 40.6 Å². The molecule has 0 aliphatic heterocycles. The van der Waals surface area contributed by atoms with Crippen LogP contribution in [0.15, 0.2) is 0 Å². The van der Waals surface area contributed by atoms with E-state index in [1.165, 1.54) is 0 Å². The van der Waals surface area contributed by atoms with E-state index < -0.39 is 47.3 Å². The Kier molecular flexibility index (Phi) is 4.30. The Morgan fingerprint density at radius 3 is 1.85 bits per heavy atom. The maximum absolute atomic E-state index is 13.3. The number of carbonyl (C=O) groups is 2. The Balaban J connectivity index is 1.97. The summed E-state index contributed by atoms with van der Waals surface area (Å²) in [7, 11) is 0. The van der Waals surface area contributed by atoms with Gasteiger partial charge in [-0.1, -0.05) is 0 Å². The fraction of sp³-hybridized carbons (Fsp3) is 0.875. The first-order valence-electron chi connectivity index (χ1n) is 8.41. The molecule has 4 aliphatic rings. The summed E-state index contributed by atoms with van der Waals surface area (Å²) in [6.07, 6.45) is -14.0. The van der Waals surface area contributed by atoms with Gasteiger partial charge in [-0.25, -0.2) is 0 Å². The van der Waals surface area contributed by atoms with Gasteiger partial charge in [-0.3, -0.25) is 4.79 Å². The summed E-state index contributed by atoms with van der Waals surface area (Å²) in [4.78, 5) is 23.2. The van der Waals surface area contributed by atoms with Crippen molar-refractivity contribution in [3.05, 3.63) is 0 Å². The molecular formula is C16H17F6O5-. The zero-order valence-electron chi connectivity index (χ0n) is 14.0. The molecule has 5 nitrogen and oxygen atoms in total. The van der Waals surface area contributed by atoms with Crippen molar-refractivity contribution in [2.45, 2.75) is 68.5 Å². The Morgan fingerprint density at radius 1 is 1.00 bits per heavy atom. The zero-order chi connectivity index (χ0) is 20.5. The minimum absolute atomic E-state index is 0.0156. The van der Waals surface area contributed by atoms with Crippen LogP contribution < -0.4 is 5.11 Å². The van der Waals surface area contributed by atoms with E-state index in [1.807, 2.05) is 0 Å². The predicted octanol–water partition coefficient (Wildman–Crippen LogP) is 1.86. The summed E-state index contributed by atoms with van der Waals surface area (Å²) in [6.45, 7) is 0. The molecule has 0 radical (unpaired) electrons. The van der Waals surface area contributed by atoms with Crippen molar-refractivity contribution in [3.8, 4) is 0 Å². The van der Waals surface area contributed by atoms with Gasteiger partial charge in [0.1, 0.15) is 0 Å². The van der Waals surface area contributed by atoms with Crippen molar-refractivity contribution in [2.24, 2.45) is 17.3 Å². The smallest absolute Gasteiger partial charge is 0.437 e. The van der Waals surface area contributed by atoms with E-state index in [0.29, 0.717) is 19.3 Å². The number of hydrogen-bond donors (Lipinski definition) is 1. The van der Waals surface area contributed by atoms with Gasteiger partial charge in [0.15, 0.2) is 0 Å². The highest BCUT2D eigenvalue weighted by Gasteiger charge is 2.75. The first-order chi connectivity index (χ1) is 12.1. The van der Waals surface area contributed by atoms with Gasteiger partial charge in [-0.05, 0) is 50.4 Å². The molecule has 11 heteroatoms. The second-order valence-corrected chi connectivity index (χ2v) is 8.23. The molecule has 4 rings (SSSR count). The lowest BCUT2D eigenvalue weighted by Gasteiger charge is -2.59. The SMILES string of the molecule is O=C([O-])CC(OC(=O)C12CC3CC(CC(O)(C3)C1)C2)(C(F)(F)F)C(F)(F)F. The van der Waals surface area contributed by atoms with E-state index in [-0.39, 0.29) is 31.1 Å². The standard InChI is InChI=1S/C16H18F6O5/c17-15(18,19)14(6-10(23)24,16(20,21)22)27-11(25)12-2-8-1-9(3-12)5-13(26,4-8)7-12/h8-9,26H,1-7H2,(H,23,24)/p-1. The fourth-order valence-electron chi connectivity index (χ4n) is 5.44. The number of alkyl halides is 6. The third-order valence-corrected chi connectivity index (χ3v) is 6.04. The van der Waals surface area contributed by atoms with Gasteiger partial charge in [0.25, 0.3) is 0 Å². The van der Waals surface area contributed by atoms with Crippen molar-refractivity contribution < 1.29 is 50.9 Å². The van der Waals surface area contributed by atoms with Crippen LogP contribution in [0.25, 0.3) is 0 Å². The lowest BCUT2D eigenvalue weighted by Crippen LogP contribution is -2.65. The first-order valence-corrected chi connectivity index (χ1v) is 8.41. The van der Waals surface area contributed by atoms with Gasteiger partial charge < -0.3 is 19.7 Å². The topological polar surface area (TPSA) is 86.7 Å². The third kappa shape index (κ3) is 3.17. The van der Waals surface area contributed by atoms with Crippen LogP contribution in [0.3, 0.4) is 0 Å². The molecule has 0 aromatic heterocycles.